The quantitative estimate of drug-likeness (QED) is 0.868. The third-order valence-corrected chi connectivity index (χ3v) is 6.57. The van der Waals surface area contributed by atoms with Crippen molar-refractivity contribution in [2.24, 2.45) is 5.73 Å². The molecule has 2 aliphatic rings. The Hall–Kier alpha value is -1.93. The van der Waals surface area contributed by atoms with Gasteiger partial charge in [0.2, 0.25) is 0 Å². The molecule has 1 saturated heterocycles. The summed E-state index contributed by atoms with van der Waals surface area (Å²) in [5.41, 5.74) is 6.10. The van der Waals surface area contributed by atoms with E-state index in [2.05, 4.69) is 0 Å². The molecular weight excluding hydrogens is 330 g/mol. The Morgan fingerprint density at radius 1 is 1.38 bits per heavy atom. The summed E-state index contributed by atoms with van der Waals surface area (Å²) < 4.78 is 26.1. The van der Waals surface area contributed by atoms with Gasteiger partial charge >= 0.3 is 0 Å². The molecule has 1 unspecified atom stereocenters. The number of carbonyl (C=O) groups excluding carboxylic acids is 2. The van der Waals surface area contributed by atoms with Crippen LogP contribution in [0.15, 0.2) is 23.1 Å². The van der Waals surface area contributed by atoms with Crippen molar-refractivity contribution in [1.82, 2.24) is 9.21 Å². The van der Waals surface area contributed by atoms with E-state index in [1.807, 2.05) is 0 Å². The second kappa shape index (κ2) is 5.86. The van der Waals surface area contributed by atoms with Crippen LogP contribution in [-0.2, 0) is 10.0 Å². The summed E-state index contributed by atoms with van der Waals surface area (Å²) in [6.45, 7) is 4.28. The number of carbonyl (C=O) groups is 2. The maximum absolute atomic E-state index is 12.7. The maximum atomic E-state index is 12.7. The van der Waals surface area contributed by atoms with Crippen LogP contribution in [0.4, 0.5) is 0 Å². The van der Waals surface area contributed by atoms with Crippen LogP contribution in [0, 0.1) is 0 Å². The van der Waals surface area contributed by atoms with Gasteiger partial charge in [-0.05, 0) is 44.9 Å². The Morgan fingerprint density at radius 2 is 2.08 bits per heavy atom. The van der Waals surface area contributed by atoms with E-state index in [-0.39, 0.29) is 28.0 Å². The molecule has 1 aromatic rings. The number of hydrogen-bond donors (Lipinski definition) is 1. The molecule has 8 heteroatoms. The Kier molecular flexibility index (Phi) is 4.13. The van der Waals surface area contributed by atoms with E-state index in [0.717, 1.165) is 17.1 Å². The zero-order valence-electron chi connectivity index (χ0n) is 13.7. The summed E-state index contributed by atoms with van der Waals surface area (Å²) in [7, 11) is -3.91. The van der Waals surface area contributed by atoms with E-state index in [4.69, 9.17) is 5.73 Å². The Labute approximate surface area is 141 Å². The van der Waals surface area contributed by atoms with Crippen molar-refractivity contribution in [3.8, 4) is 0 Å². The van der Waals surface area contributed by atoms with Crippen LogP contribution in [-0.4, -0.2) is 54.6 Å². The first-order chi connectivity index (χ1) is 11.3. The highest BCUT2D eigenvalue weighted by molar-refractivity contribution is 7.90. The van der Waals surface area contributed by atoms with Gasteiger partial charge in [0.25, 0.3) is 21.8 Å². The number of nitrogens with zero attached hydrogens (tertiary/aromatic N) is 2. The van der Waals surface area contributed by atoms with Gasteiger partial charge in [0.15, 0.2) is 0 Å². The minimum absolute atomic E-state index is 0.0174. The number of likely N-dealkylation sites (tertiary alicyclic amines) is 1. The molecule has 1 fully saturated rings. The van der Waals surface area contributed by atoms with Crippen molar-refractivity contribution in [2.45, 2.75) is 43.7 Å². The lowest BCUT2D eigenvalue weighted by Gasteiger charge is -2.23. The topological polar surface area (TPSA) is 101 Å². The van der Waals surface area contributed by atoms with Crippen LogP contribution < -0.4 is 5.73 Å². The monoisotopic (exact) mass is 351 g/mol. The van der Waals surface area contributed by atoms with E-state index >= 15 is 0 Å². The predicted molar refractivity (Wildman–Crippen MR) is 88.0 cm³/mol. The first-order valence-corrected chi connectivity index (χ1v) is 9.47. The normalized spacial score (nSPS) is 22.3. The summed E-state index contributed by atoms with van der Waals surface area (Å²) in [6, 6.07) is 3.77. The summed E-state index contributed by atoms with van der Waals surface area (Å²) in [4.78, 5) is 26.6. The Balaban J connectivity index is 2.01. The number of amides is 2. The fourth-order valence-electron chi connectivity index (χ4n) is 3.41. The van der Waals surface area contributed by atoms with Gasteiger partial charge in [0, 0.05) is 30.7 Å². The number of fused-ring (bicyclic) bond motifs is 1. The molecule has 7 nitrogen and oxygen atoms in total. The third-order valence-electron chi connectivity index (χ3n) is 4.58. The van der Waals surface area contributed by atoms with Gasteiger partial charge in [-0.1, -0.05) is 0 Å². The smallest absolute Gasteiger partial charge is 0.269 e. The molecule has 2 amide bonds. The second-order valence-corrected chi connectivity index (χ2v) is 8.22. The lowest BCUT2D eigenvalue weighted by atomic mass is 10.1. The molecule has 130 valence electrons. The molecule has 1 aromatic carbocycles. The predicted octanol–water partition coefficient (Wildman–Crippen LogP) is 0.803. The molecular formula is C16H21N3O4S. The van der Waals surface area contributed by atoms with Gasteiger partial charge in [-0.15, -0.1) is 0 Å². The molecule has 2 aliphatic heterocycles. The Bertz CT molecular complexity index is 804. The van der Waals surface area contributed by atoms with Crippen molar-refractivity contribution < 1.29 is 18.0 Å². The average molecular weight is 351 g/mol. The number of rotatable bonds is 3. The first-order valence-electron chi connectivity index (χ1n) is 8.03. The van der Waals surface area contributed by atoms with E-state index < -0.39 is 22.0 Å². The SMILES string of the molecule is CC(C)N1C(=O)c2ccc(C(=O)N3CCCC3CN)cc2S1(=O)=O. The minimum atomic E-state index is -3.91. The van der Waals surface area contributed by atoms with E-state index in [9.17, 15) is 18.0 Å². The zero-order valence-corrected chi connectivity index (χ0v) is 14.5. The highest BCUT2D eigenvalue weighted by atomic mass is 32.2. The van der Waals surface area contributed by atoms with Crippen molar-refractivity contribution in [3.05, 3.63) is 29.3 Å². The third kappa shape index (κ3) is 2.41. The molecule has 0 spiro atoms. The molecule has 0 radical (unpaired) electrons. The van der Waals surface area contributed by atoms with E-state index in [1.54, 1.807) is 18.7 Å². The van der Waals surface area contributed by atoms with Crippen molar-refractivity contribution in [2.75, 3.05) is 13.1 Å². The average Bonchev–Trinajstić information content (AvgIpc) is 3.08. The highest BCUT2D eigenvalue weighted by Crippen LogP contribution is 2.33. The summed E-state index contributed by atoms with van der Waals surface area (Å²) in [5.74, 6) is -0.781. The molecule has 2 N–H and O–H groups in total. The zero-order chi connectivity index (χ0) is 17.6. The molecule has 0 aliphatic carbocycles. The standard InChI is InChI=1S/C16H21N3O4S/c1-10(2)19-16(21)13-6-5-11(8-14(13)24(19,22)23)15(20)18-7-3-4-12(18)9-17/h5-6,8,10,12H,3-4,7,9,17H2,1-2H3. The number of sulfonamides is 1. The summed E-state index contributed by atoms with van der Waals surface area (Å²) in [6.07, 6.45) is 1.74. The van der Waals surface area contributed by atoms with Gasteiger partial charge in [0.1, 0.15) is 4.90 Å². The highest BCUT2D eigenvalue weighted by Gasteiger charge is 2.43. The molecule has 0 bridgehead atoms. The fourth-order valence-corrected chi connectivity index (χ4v) is 5.20. The Morgan fingerprint density at radius 3 is 2.71 bits per heavy atom. The molecule has 2 heterocycles. The van der Waals surface area contributed by atoms with Gasteiger partial charge in [-0.25, -0.2) is 12.7 Å². The lowest BCUT2D eigenvalue weighted by Crippen LogP contribution is -2.40. The van der Waals surface area contributed by atoms with E-state index in [1.165, 1.54) is 18.2 Å². The van der Waals surface area contributed by atoms with Crippen molar-refractivity contribution in [1.29, 1.82) is 0 Å². The van der Waals surface area contributed by atoms with Gasteiger partial charge in [-0.3, -0.25) is 9.59 Å². The second-order valence-electron chi connectivity index (χ2n) is 6.44. The van der Waals surface area contributed by atoms with E-state index in [0.29, 0.717) is 13.1 Å². The van der Waals surface area contributed by atoms with Crippen LogP contribution >= 0.6 is 0 Å². The molecule has 0 aromatic heterocycles. The lowest BCUT2D eigenvalue weighted by molar-refractivity contribution is 0.0739. The van der Waals surface area contributed by atoms with Gasteiger partial charge < -0.3 is 10.6 Å². The molecule has 3 rings (SSSR count). The minimum Gasteiger partial charge on any atom is -0.334 e. The largest absolute Gasteiger partial charge is 0.334 e. The van der Waals surface area contributed by atoms with Crippen LogP contribution in [0.3, 0.4) is 0 Å². The first kappa shape index (κ1) is 16.9. The number of nitrogens with two attached hydrogens (primary N) is 1. The van der Waals surface area contributed by atoms with Crippen molar-refractivity contribution in [3.63, 3.8) is 0 Å². The molecule has 1 atom stereocenters. The maximum Gasteiger partial charge on any atom is 0.269 e. The van der Waals surface area contributed by atoms with Crippen molar-refractivity contribution >= 4 is 21.8 Å². The van der Waals surface area contributed by atoms with Gasteiger partial charge in [0.05, 0.1) is 5.56 Å². The summed E-state index contributed by atoms with van der Waals surface area (Å²) in [5, 5.41) is 0. The molecule has 24 heavy (non-hydrogen) atoms. The fraction of sp³-hybridized carbons (Fsp3) is 0.500. The van der Waals surface area contributed by atoms with Crippen LogP contribution in [0.25, 0.3) is 0 Å². The number of benzene rings is 1. The number of hydrogen-bond acceptors (Lipinski definition) is 5. The van der Waals surface area contributed by atoms with Crippen LogP contribution in [0.5, 0.6) is 0 Å². The summed E-state index contributed by atoms with van der Waals surface area (Å²) >= 11 is 0. The van der Waals surface area contributed by atoms with Crippen LogP contribution in [0.1, 0.15) is 47.4 Å². The van der Waals surface area contributed by atoms with Gasteiger partial charge in [-0.2, -0.15) is 0 Å². The molecule has 0 saturated carbocycles. The van der Waals surface area contributed by atoms with Crippen LogP contribution in [0.2, 0.25) is 0 Å².